The van der Waals surface area contributed by atoms with Gasteiger partial charge in [-0.1, -0.05) is 11.3 Å². The lowest BCUT2D eigenvalue weighted by atomic mass is 10.2. The van der Waals surface area contributed by atoms with Crippen LogP contribution >= 0.6 is 11.3 Å². The summed E-state index contributed by atoms with van der Waals surface area (Å²) in [5.41, 5.74) is 6.41. The van der Waals surface area contributed by atoms with Gasteiger partial charge in [0.15, 0.2) is 5.13 Å². The van der Waals surface area contributed by atoms with Crippen LogP contribution in [-0.2, 0) is 4.79 Å². The van der Waals surface area contributed by atoms with Gasteiger partial charge >= 0.3 is 0 Å². The number of nitrogens with two attached hydrogens (primary N) is 1. The van der Waals surface area contributed by atoms with Crippen LogP contribution < -0.4 is 15.8 Å². The summed E-state index contributed by atoms with van der Waals surface area (Å²) in [5.74, 6) is 0.663. The van der Waals surface area contributed by atoms with Gasteiger partial charge in [-0.25, -0.2) is 4.98 Å². The third-order valence-corrected chi connectivity index (χ3v) is 3.28. The number of hydrogen-bond donors (Lipinski definition) is 2. The maximum absolute atomic E-state index is 11.6. The van der Waals surface area contributed by atoms with Gasteiger partial charge in [0.25, 0.3) is 0 Å². The highest BCUT2D eigenvalue weighted by Crippen LogP contribution is 2.29. The third-order valence-electron chi connectivity index (χ3n) is 2.35. The zero-order valence-electron chi connectivity index (χ0n) is 10.3. The van der Waals surface area contributed by atoms with Gasteiger partial charge in [-0.15, -0.1) is 0 Å². The second-order valence-electron chi connectivity index (χ2n) is 4.08. The Morgan fingerprint density at radius 1 is 1.61 bits per heavy atom. The maximum atomic E-state index is 11.6. The van der Waals surface area contributed by atoms with Crippen LogP contribution in [0.5, 0.6) is 5.75 Å². The van der Waals surface area contributed by atoms with Gasteiger partial charge in [-0.05, 0) is 25.1 Å². The Balaban J connectivity index is 2.17. The van der Waals surface area contributed by atoms with Crippen molar-refractivity contribution in [1.29, 1.82) is 0 Å². The van der Waals surface area contributed by atoms with E-state index in [0.717, 1.165) is 16.0 Å². The number of anilines is 1. The van der Waals surface area contributed by atoms with Crippen LogP contribution in [0.25, 0.3) is 10.2 Å². The van der Waals surface area contributed by atoms with Gasteiger partial charge in [0.1, 0.15) is 5.75 Å². The minimum Gasteiger partial charge on any atom is -0.497 e. The van der Waals surface area contributed by atoms with Gasteiger partial charge in [-0.2, -0.15) is 0 Å². The van der Waals surface area contributed by atoms with E-state index < -0.39 is 0 Å². The molecule has 0 saturated heterocycles. The largest absolute Gasteiger partial charge is 0.497 e. The minimum absolute atomic E-state index is 0.115. The zero-order valence-corrected chi connectivity index (χ0v) is 11.1. The van der Waals surface area contributed by atoms with Crippen LogP contribution in [0.2, 0.25) is 0 Å². The minimum atomic E-state index is -0.153. The molecule has 0 aliphatic rings. The molecule has 0 fully saturated rings. The number of hydrogen-bond acceptors (Lipinski definition) is 5. The molecule has 5 nitrogen and oxygen atoms in total. The van der Waals surface area contributed by atoms with Crippen LogP contribution in [0.15, 0.2) is 18.2 Å². The standard InChI is InChI=1S/C12H15N3O2S/c1-7(13)5-11(16)15-12-14-9-4-3-8(17-2)6-10(9)18-12/h3-4,6-7H,5,13H2,1-2H3,(H,14,15,16). The molecule has 0 spiro atoms. The third kappa shape index (κ3) is 2.96. The SMILES string of the molecule is COc1ccc2nc(NC(=O)CC(C)N)sc2c1. The molecule has 0 aliphatic heterocycles. The average molecular weight is 265 g/mol. The molecular weight excluding hydrogens is 250 g/mol. The van der Waals surface area contributed by atoms with E-state index in [0.29, 0.717) is 11.6 Å². The molecule has 2 rings (SSSR count). The maximum Gasteiger partial charge on any atom is 0.227 e. The molecule has 1 atom stereocenters. The summed E-state index contributed by atoms with van der Waals surface area (Å²) in [6.07, 6.45) is 0.291. The molecule has 1 aromatic heterocycles. The Bertz CT molecular complexity index is 565. The predicted molar refractivity (Wildman–Crippen MR) is 73.1 cm³/mol. The second kappa shape index (κ2) is 5.32. The number of aromatic nitrogens is 1. The quantitative estimate of drug-likeness (QED) is 0.886. The molecule has 3 N–H and O–H groups in total. The number of rotatable bonds is 4. The Morgan fingerprint density at radius 3 is 3.06 bits per heavy atom. The molecule has 2 aromatic rings. The van der Waals surface area contributed by atoms with E-state index >= 15 is 0 Å². The van der Waals surface area contributed by atoms with E-state index in [4.69, 9.17) is 10.5 Å². The number of amides is 1. The first-order chi connectivity index (χ1) is 8.58. The second-order valence-corrected chi connectivity index (χ2v) is 5.11. The van der Waals surface area contributed by atoms with Gasteiger partial charge in [0, 0.05) is 12.5 Å². The van der Waals surface area contributed by atoms with Crippen LogP contribution in [0.1, 0.15) is 13.3 Å². The van der Waals surface area contributed by atoms with E-state index in [1.165, 1.54) is 11.3 Å². The summed E-state index contributed by atoms with van der Waals surface area (Å²) in [7, 11) is 1.62. The lowest BCUT2D eigenvalue weighted by Gasteiger charge is -2.03. The van der Waals surface area contributed by atoms with Crippen molar-refractivity contribution < 1.29 is 9.53 Å². The number of carbonyl (C=O) groups is 1. The van der Waals surface area contributed by atoms with Crippen LogP contribution in [-0.4, -0.2) is 24.0 Å². The molecule has 0 aliphatic carbocycles. The van der Waals surface area contributed by atoms with Crippen LogP contribution in [0, 0.1) is 0 Å². The summed E-state index contributed by atoms with van der Waals surface area (Å²) >= 11 is 1.42. The van der Waals surface area contributed by atoms with Crippen molar-refractivity contribution in [2.45, 2.75) is 19.4 Å². The van der Waals surface area contributed by atoms with Crippen molar-refractivity contribution in [3.8, 4) is 5.75 Å². The van der Waals surface area contributed by atoms with E-state index in [-0.39, 0.29) is 11.9 Å². The van der Waals surface area contributed by atoms with Crippen LogP contribution in [0.3, 0.4) is 0 Å². The highest BCUT2D eigenvalue weighted by atomic mass is 32.1. The summed E-state index contributed by atoms with van der Waals surface area (Å²) in [4.78, 5) is 15.9. The number of benzene rings is 1. The molecule has 0 saturated carbocycles. The van der Waals surface area contributed by atoms with E-state index in [2.05, 4.69) is 10.3 Å². The molecule has 0 bridgehead atoms. The fourth-order valence-electron chi connectivity index (χ4n) is 1.55. The number of thiazole rings is 1. The first kappa shape index (κ1) is 12.8. The summed E-state index contributed by atoms with van der Waals surface area (Å²) < 4.78 is 6.12. The van der Waals surface area contributed by atoms with Crippen molar-refractivity contribution in [2.24, 2.45) is 5.73 Å². The predicted octanol–water partition coefficient (Wildman–Crippen LogP) is 1.98. The normalized spacial score (nSPS) is 12.4. The Morgan fingerprint density at radius 2 is 2.39 bits per heavy atom. The molecule has 1 amide bonds. The monoisotopic (exact) mass is 265 g/mol. The number of nitrogens with zero attached hydrogens (tertiary/aromatic N) is 1. The summed E-state index contributed by atoms with van der Waals surface area (Å²) in [5, 5.41) is 3.33. The number of methoxy groups -OCH3 is 1. The molecule has 1 aromatic carbocycles. The number of nitrogens with one attached hydrogen (secondary N) is 1. The van der Waals surface area contributed by atoms with Gasteiger partial charge in [0.2, 0.25) is 5.91 Å². The molecule has 96 valence electrons. The van der Waals surface area contributed by atoms with Crippen LogP contribution in [0.4, 0.5) is 5.13 Å². The summed E-state index contributed by atoms with van der Waals surface area (Å²) in [6, 6.07) is 5.45. The van der Waals surface area contributed by atoms with Crippen molar-refractivity contribution in [1.82, 2.24) is 4.98 Å². The molecule has 1 unspecified atom stereocenters. The highest BCUT2D eigenvalue weighted by Gasteiger charge is 2.09. The van der Waals surface area contributed by atoms with Crippen molar-refractivity contribution >= 4 is 32.6 Å². The van der Waals surface area contributed by atoms with Crippen molar-refractivity contribution in [3.63, 3.8) is 0 Å². The Labute approximate surface area is 109 Å². The highest BCUT2D eigenvalue weighted by molar-refractivity contribution is 7.22. The Hall–Kier alpha value is -1.66. The number of carbonyl (C=O) groups excluding carboxylic acids is 1. The zero-order chi connectivity index (χ0) is 13.1. The Kier molecular flexibility index (Phi) is 3.78. The van der Waals surface area contributed by atoms with Gasteiger partial charge in [0.05, 0.1) is 17.3 Å². The van der Waals surface area contributed by atoms with Gasteiger partial charge < -0.3 is 15.8 Å². The first-order valence-electron chi connectivity index (χ1n) is 5.58. The summed E-state index contributed by atoms with van der Waals surface area (Å²) in [6.45, 7) is 1.79. The molecule has 6 heteroatoms. The number of fused-ring (bicyclic) bond motifs is 1. The first-order valence-corrected chi connectivity index (χ1v) is 6.40. The fraction of sp³-hybridized carbons (Fsp3) is 0.333. The molecule has 1 heterocycles. The molecule has 0 radical (unpaired) electrons. The van der Waals surface area contributed by atoms with Crippen molar-refractivity contribution in [2.75, 3.05) is 12.4 Å². The van der Waals surface area contributed by atoms with E-state index in [1.54, 1.807) is 14.0 Å². The van der Waals surface area contributed by atoms with E-state index in [9.17, 15) is 4.79 Å². The van der Waals surface area contributed by atoms with Crippen molar-refractivity contribution in [3.05, 3.63) is 18.2 Å². The fourth-order valence-corrected chi connectivity index (χ4v) is 2.46. The lowest BCUT2D eigenvalue weighted by Crippen LogP contribution is -2.23. The van der Waals surface area contributed by atoms with E-state index in [1.807, 2.05) is 18.2 Å². The topological polar surface area (TPSA) is 77.2 Å². The molecule has 18 heavy (non-hydrogen) atoms. The molecular formula is C12H15N3O2S. The lowest BCUT2D eigenvalue weighted by molar-refractivity contribution is -0.116. The number of ether oxygens (including phenoxy) is 1. The smallest absolute Gasteiger partial charge is 0.227 e. The average Bonchev–Trinajstić information content (AvgIpc) is 2.68. The van der Waals surface area contributed by atoms with Gasteiger partial charge in [-0.3, -0.25) is 4.79 Å².